The molecule has 3 aromatic rings. The second-order valence-corrected chi connectivity index (χ2v) is 7.50. The van der Waals surface area contributed by atoms with E-state index in [0.717, 1.165) is 17.7 Å². The maximum absolute atomic E-state index is 12.1. The molecule has 0 aromatic heterocycles. The molecule has 2 N–H and O–H groups in total. The lowest BCUT2D eigenvalue weighted by molar-refractivity contribution is -0.123. The molecular weight excluding hydrogens is 458 g/mol. The van der Waals surface area contributed by atoms with Crippen LogP contribution in [0.1, 0.15) is 11.1 Å². The van der Waals surface area contributed by atoms with Crippen LogP contribution in [0.4, 0.5) is 5.69 Å². The van der Waals surface area contributed by atoms with Crippen LogP contribution in [0.5, 0.6) is 11.5 Å². The van der Waals surface area contributed by atoms with Gasteiger partial charge in [-0.15, -0.1) is 0 Å². The van der Waals surface area contributed by atoms with E-state index < -0.39 is 0 Å². The molecule has 3 aromatic carbocycles. The third-order valence-electron chi connectivity index (χ3n) is 4.36. The molecule has 1 amide bonds. The average Bonchev–Trinajstić information content (AvgIpc) is 2.79. The monoisotopic (exact) mass is 481 g/mol. The maximum Gasteiger partial charge on any atom is 0.257 e. The van der Waals surface area contributed by atoms with Crippen molar-refractivity contribution in [2.75, 3.05) is 25.7 Å². The molecule has 0 saturated carbocycles. The highest BCUT2D eigenvalue weighted by atomic mass is 79.9. The molecule has 31 heavy (non-hydrogen) atoms. The van der Waals surface area contributed by atoms with Gasteiger partial charge in [0.05, 0.1) is 23.5 Å². The lowest BCUT2D eigenvalue weighted by atomic mass is 10.1. The number of anilines is 1. The Hall–Kier alpha value is -3.32. The fraction of sp³-hybridized carbons (Fsp3) is 0.167. The van der Waals surface area contributed by atoms with Gasteiger partial charge in [-0.25, -0.2) is 0 Å². The molecule has 0 aliphatic heterocycles. The van der Waals surface area contributed by atoms with Crippen molar-refractivity contribution >= 4 is 33.7 Å². The van der Waals surface area contributed by atoms with Crippen molar-refractivity contribution in [2.45, 2.75) is 6.42 Å². The van der Waals surface area contributed by atoms with Crippen LogP contribution in [0, 0.1) is 0 Å². The molecule has 0 fully saturated rings. The highest BCUT2D eigenvalue weighted by Gasteiger charge is 2.13. The number of benzene rings is 3. The second-order valence-electron chi connectivity index (χ2n) is 6.64. The van der Waals surface area contributed by atoms with Crippen molar-refractivity contribution in [3.8, 4) is 11.5 Å². The molecule has 6 nitrogen and oxygen atoms in total. The van der Waals surface area contributed by atoms with E-state index in [1.807, 2.05) is 66.7 Å². The Balaban J connectivity index is 1.53. The first-order valence-electron chi connectivity index (χ1n) is 9.81. The summed E-state index contributed by atoms with van der Waals surface area (Å²) in [5, 5.41) is 7.10. The van der Waals surface area contributed by atoms with Gasteiger partial charge in [0, 0.05) is 6.54 Å². The molecule has 3 rings (SSSR count). The van der Waals surface area contributed by atoms with Crippen molar-refractivity contribution in [3.63, 3.8) is 0 Å². The van der Waals surface area contributed by atoms with E-state index in [1.54, 1.807) is 19.4 Å². The van der Waals surface area contributed by atoms with Crippen LogP contribution in [0.3, 0.4) is 0 Å². The largest absolute Gasteiger partial charge is 0.493 e. The normalized spacial score (nSPS) is 10.6. The first-order valence-corrected chi connectivity index (χ1v) is 10.6. The molecule has 7 heteroatoms. The zero-order valence-electron chi connectivity index (χ0n) is 17.2. The molecule has 0 radical (unpaired) electrons. The van der Waals surface area contributed by atoms with Gasteiger partial charge >= 0.3 is 0 Å². The molecule has 0 heterocycles. The van der Waals surface area contributed by atoms with Gasteiger partial charge in [0.2, 0.25) is 0 Å². The van der Waals surface area contributed by atoms with E-state index in [1.165, 1.54) is 5.56 Å². The Bertz CT molecular complexity index is 1010. The standard InChI is InChI=1S/C24H24BrN3O3/c1-30-22-15-19(16-27-28-20-10-6-3-7-11-20)14-21(25)24(22)31-17-23(29)26-13-12-18-8-4-2-5-9-18/h2-11,14-16,28H,12-13,17H2,1H3,(H,26,29). The van der Waals surface area contributed by atoms with Crippen molar-refractivity contribution in [1.29, 1.82) is 0 Å². The molecular formula is C24H24BrN3O3. The minimum Gasteiger partial charge on any atom is -0.493 e. The molecule has 0 spiro atoms. The molecule has 0 aliphatic rings. The van der Waals surface area contributed by atoms with E-state index in [0.29, 0.717) is 22.5 Å². The number of carbonyl (C=O) groups excluding carboxylic acids is 1. The quantitative estimate of drug-likeness (QED) is 0.326. The minimum atomic E-state index is -0.192. The Labute approximate surface area is 190 Å². The first-order chi connectivity index (χ1) is 15.2. The summed E-state index contributed by atoms with van der Waals surface area (Å²) in [6.45, 7) is 0.446. The maximum atomic E-state index is 12.1. The van der Waals surface area contributed by atoms with Crippen molar-refractivity contribution in [3.05, 3.63) is 88.4 Å². The predicted molar refractivity (Wildman–Crippen MR) is 127 cm³/mol. The van der Waals surface area contributed by atoms with Crippen LogP contribution in [0.25, 0.3) is 0 Å². The van der Waals surface area contributed by atoms with Gasteiger partial charge < -0.3 is 14.8 Å². The Morgan fingerprint density at radius 1 is 1.06 bits per heavy atom. The number of hydrogen-bond acceptors (Lipinski definition) is 5. The summed E-state index contributed by atoms with van der Waals surface area (Å²) in [7, 11) is 1.55. The molecule has 160 valence electrons. The van der Waals surface area contributed by atoms with Gasteiger partial charge in [-0.1, -0.05) is 48.5 Å². The van der Waals surface area contributed by atoms with Crippen LogP contribution < -0.4 is 20.2 Å². The number of carbonyl (C=O) groups is 1. The Kier molecular flexibility index (Phi) is 8.48. The van der Waals surface area contributed by atoms with Crippen molar-refractivity contribution in [1.82, 2.24) is 5.32 Å². The van der Waals surface area contributed by atoms with Gasteiger partial charge in [0.25, 0.3) is 5.91 Å². The molecule has 0 atom stereocenters. The lowest BCUT2D eigenvalue weighted by Crippen LogP contribution is -2.30. The number of ether oxygens (including phenoxy) is 2. The Morgan fingerprint density at radius 3 is 2.48 bits per heavy atom. The highest BCUT2D eigenvalue weighted by molar-refractivity contribution is 9.10. The van der Waals surface area contributed by atoms with E-state index in [-0.39, 0.29) is 12.5 Å². The van der Waals surface area contributed by atoms with Crippen LogP contribution in [0.2, 0.25) is 0 Å². The topological polar surface area (TPSA) is 71.9 Å². The number of hydrazone groups is 1. The van der Waals surface area contributed by atoms with Crippen LogP contribution in [-0.2, 0) is 11.2 Å². The van der Waals surface area contributed by atoms with Crippen LogP contribution in [-0.4, -0.2) is 32.4 Å². The summed E-state index contributed by atoms with van der Waals surface area (Å²) in [6, 6.07) is 23.3. The molecule has 0 saturated heterocycles. The number of nitrogens with zero attached hydrogens (tertiary/aromatic N) is 1. The fourth-order valence-corrected chi connectivity index (χ4v) is 3.40. The van der Waals surface area contributed by atoms with Crippen molar-refractivity contribution < 1.29 is 14.3 Å². The summed E-state index contributed by atoms with van der Waals surface area (Å²) in [5.41, 5.74) is 5.84. The zero-order valence-corrected chi connectivity index (χ0v) is 18.8. The number of halogens is 1. The minimum absolute atomic E-state index is 0.104. The molecule has 0 bridgehead atoms. The van der Waals surface area contributed by atoms with Crippen molar-refractivity contribution in [2.24, 2.45) is 5.10 Å². The lowest BCUT2D eigenvalue weighted by Gasteiger charge is -2.13. The van der Waals surface area contributed by atoms with Crippen LogP contribution >= 0.6 is 15.9 Å². The van der Waals surface area contributed by atoms with Gasteiger partial charge in [0.1, 0.15) is 0 Å². The number of nitrogens with one attached hydrogen (secondary N) is 2. The van der Waals surface area contributed by atoms with E-state index in [4.69, 9.17) is 9.47 Å². The van der Waals surface area contributed by atoms with Crippen LogP contribution in [0.15, 0.2) is 82.4 Å². The molecule has 0 aliphatic carbocycles. The van der Waals surface area contributed by atoms with Gasteiger partial charge in [-0.3, -0.25) is 10.2 Å². The number of para-hydroxylation sites is 1. The third-order valence-corrected chi connectivity index (χ3v) is 4.95. The predicted octanol–water partition coefficient (Wildman–Crippen LogP) is 4.64. The number of amides is 1. The highest BCUT2D eigenvalue weighted by Crippen LogP contribution is 2.36. The van der Waals surface area contributed by atoms with Gasteiger partial charge in [-0.05, 0) is 57.7 Å². The Morgan fingerprint density at radius 2 is 1.77 bits per heavy atom. The second kappa shape index (κ2) is 11.8. The van der Waals surface area contributed by atoms with Gasteiger partial charge in [-0.2, -0.15) is 5.10 Å². The first kappa shape index (κ1) is 22.4. The van der Waals surface area contributed by atoms with E-state index in [2.05, 4.69) is 31.8 Å². The number of methoxy groups -OCH3 is 1. The SMILES string of the molecule is COc1cc(C=NNc2ccccc2)cc(Br)c1OCC(=O)NCCc1ccccc1. The summed E-state index contributed by atoms with van der Waals surface area (Å²) in [6.07, 6.45) is 2.45. The van der Waals surface area contributed by atoms with Gasteiger partial charge in [0.15, 0.2) is 18.1 Å². The summed E-state index contributed by atoms with van der Waals surface area (Å²) < 4.78 is 11.8. The molecule has 0 unspecified atom stereocenters. The number of rotatable bonds is 10. The smallest absolute Gasteiger partial charge is 0.257 e. The summed E-state index contributed by atoms with van der Waals surface area (Å²) >= 11 is 3.49. The van der Waals surface area contributed by atoms with E-state index >= 15 is 0 Å². The third kappa shape index (κ3) is 7.15. The van der Waals surface area contributed by atoms with E-state index in [9.17, 15) is 4.79 Å². The fourth-order valence-electron chi connectivity index (χ4n) is 2.83. The summed E-state index contributed by atoms with van der Waals surface area (Å²) in [4.78, 5) is 12.1. The summed E-state index contributed by atoms with van der Waals surface area (Å²) in [5.74, 6) is 0.782. The number of hydrogen-bond donors (Lipinski definition) is 2. The average molecular weight is 482 g/mol. The zero-order chi connectivity index (χ0) is 21.9.